The lowest BCUT2D eigenvalue weighted by Gasteiger charge is -2.23. The molecule has 0 amide bonds. The Hall–Kier alpha value is -1.06. The van der Waals surface area contributed by atoms with Gasteiger partial charge in [-0.1, -0.05) is 0 Å². The van der Waals surface area contributed by atoms with Crippen LogP contribution < -0.4 is 0 Å². The first kappa shape index (κ1) is 10.0. The highest BCUT2D eigenvalue weighted by Crippen LogP contribution is 2.14. The van der Waals surface area contributed by atoms with Crippen LogP contribution in [0.15, 0.2) is 0 Å². The highest BCUT2D eigenvalue weighted by Gasteiger charge is 2.27. The first-order chi connectivity index (χ1) is 6.16. The SMILES string of the molecule is CCOC(=O)C(C)N1CCCC1=N. The quantitative estimate of drug-likeness (QED) is 0.666. The molecule has 0 spiro atoms. The van der Waals surface area contributed by atoms with E-state index in [-0.39, 0.29) is 12.0 Å². The minimum atomic E-state index is -0.296. The first-order valence-electron chi connectivity index (χ1n) is 4.67. The number of amidine groups is 1. The van der Waals surface area contributed by atoms with Gasteiger partial charge in [0.15, 0.2) is 0 Å². The molecule has 0 aromatic heterocycles. The van der Waals surface area contributed by atoms with E-state index in [1.807, 2.05) is 0 Å². The van der Waals surface area contributed by atoms with E-state index in [4.69, 9.17) is 10.1 Å². The zero-order valence-corrected chi connectivity index (χ0v) is 8.17. The minimum Gasteiger partial charge on any atom is -0.464 e. The number of carbonyl (C=O) groups excluding carboxylic acids is 1. The van der Waals surface area contributed by atoms with Crippen molar-refractivity contribution in [3.63, 3.8) is 0 Å². The second kappa shape index (κ2) is 4.25. The van der Waals surface area contributed by atoms with E-state index < -0.39 is 0 Å². The molecule has 0 radical (unpaired) electrons. The van der Waals surface area contributed by atoms with Gasteiger partial charge in [0.1, 0.15) is 6.04 Å². The molecule has 1 fully saturated rings. The molecule has 4 heteroatoms. The molecule has 0 aliphatic carbocycles. The van der Waals surface area contributed by atoms with Crippen molar-refractivity contribution in [1.29, 1.82) is 5.41 Å². The average Bonchev–Trinajstić information content (AvgIpc) is 2.50. The van der Waals surface area contributed by atoms with Crippen molar-refractivity contribution in [3.05, 3.63) is 0 Å². The van der Waals surface area contributed by atoms with Crippen LogP contribution in [0.1, 0.15) is 26.7 Å². The Morgan fingerprint density at radius 3 is 2.92 bits per heavy atom. The van der Waals surface area contributed by atoms with Crippen LogP contribution in [-0.4, -0.2) is 35.9 Å². The van der Waals surface area contributed by atoms with Crippen LogP contribution in [0, 0.1) is 5.41 Å². The van der Waals surface area contributed by atoms with Gasteiger partial charge in [-0.3, -0.25) is 5.41 Å². The van der Waals surface area contributed by atoms with Crippen molar-refractivity contribution in [3.8, 4) is 0 Å². The summed E-state index contributed by atoms with van der Waals surface area (Å²) in [5.74, 6) is 0.328. The van der Waals surface area contributed by atoms with Crippen LogP contribution in [0.3, 0.4) is 0 Å². The summed E-state index contributed by atoms with van der Waals surface area (Å²) in [5.41, 5.74) is 0. The lowest BCUT2D eigenvalue weighted by Crippen LogP contribution is -2.40. The number of nitrogens with zero attached hydrogens (tertiary/aromatic N) is 1. The van der Waals surface area contributed by atoms with Gasteiger partial charge in [0.05, 0.1) is 12.4 Å². The third-order valence-electron chi connectivity index (χ3n) is 2.25. The van der Waals surface area contributed by atoms with Gasteiger partial charge in [-0.05, 0) is 20.3 Å². The largest absolute Gasteiger partial charge is 0.464 e. The molecule has 1 unspecified atom stereocenters. The maximum Gasteiger partial charge on any atom is 0.328 e. The molecular weight excluding hydrogens is 168 g/mol. The summed E-state index contributed by atoms with van der Waals surface area (Å²) in [5, 5.41) is 7.58. The van der Waals surface area contributed by atoms with Crippen LogP contribution in [-0.2, 0) is 9.53 Å². The number of rotatable bonds is 3. The van der Waals surface area contributed by atoms with Crippen molar-refractivity contribution in [2.24, 2.45) is 0 Å². The van der Waals surface area contributed by atoms with Gasteiger partial charge >= 0.3 is 5.97 Å². The molecule has 0 aromatic rings. The van der Waals surface area contributed by atoms with Gasteiger partial charge < -0.3 is 9.64 Å². The number of hydrogen-bond donors (Lipinski definition) is 1. The van der Waals surface area contributed by atoms with E-state index in [2.05, 4.69) is 0 Å². The number of ether oxygens (including phenoxy) is 1. The maximum absolute atomic E-state index is 11.3. The standard InChI is InChI=1S/C9H16N2O2/c1-3-13-9(12)7(2)11-6-4-5-8(11)10/h7,10H,3-6H2,1-2H3. The molecule has 1 saturated heterocycles. The fraction of sp³-hybridized carbons (Fsp3) is 0.778. The predicted molar refractivity (Wildman–Crippen MR) is 49.8 cm³/mol. The number of nitrogens with one attached hydrogen (secondary N) is 1. The molecule has 74 valence electrons. The van der Waals surface area contributed by atoms with Gasteiger partial charge in [0, 0.05) is 13.0 Å². The summed E-state index contributed by atoms with van der Waals surface area (Å²) < 4.78 is 4.89. The molecule has 13 heavy (non-hydrogen) atoms. The number of likely N-dealkylation sites (tertiary alicyclic amines) is 1. The highest BCUT2D eigenvalue weighted by molar-refractivity contribution is 5.87. The second-order valence-electron chi connectivity index (χ2n) is 3.17. The Morgan fingerprint density at radius 2 is 2.46 bits per heavy atom. The Morgan fingerprint density at radius 1 is 1.77 bits per heavy atom. The lowest BCUT2D eigenvalue weighted by molar-refractivity contribution is -0.147. The molecule has 1 N–H and O–H groups in total. The van der Waals surface area contributed by atoms with Crippen LogP contribution in [0.2, 0.25) is 0 Å². The summed E-state index contributed by atoms with van der Waals surface area (Å²) >= 11 is 0. The molecule has 0 bridgehead atoms. The molecule has 1 heterocycles. The van der Waals surface area contributed by atoms with E-state index in [0.29, 0.717) is 12.4 Å². The highest BCUT2D eigenvalue weighted by atomic mass is 16.5. The van der Waals surface area contributed by atoms with E-state index in [1.54, 1.807) is 18.7 Å². The topological polar surface area (TPSA) is 53.4 Å². The Bertz CT molecular complexity index is 216. The summed E-state index contributed by atoms with van der Waals surface area (Å²) in [6.45, 7) is 4.79. The summed E-state index contributed by atoms with van der Waals surface area (Å²) in [6, 6.07) is -0.296. The molecule has 1 aliphatic heterocycles. The smallest absolute Gasteiger partial charge is 0.328 e. The third kappa shape index (κ3) is 2.20. The first-order valence-corrected chi connectivity index (χ1v) is 4.67. The Kier molecular flexibility index (Phi) is 3.28. The van der Waals surface area contributed by atoms with E-state index in [9.17, 15) is 4.79 Å². The van der Waals surface area contributed by atoms with Gasteiger partial charge in [-0.15, -0.1) is 0 Å². The third-order valence-corrected chi connectivity index (χ3v) is 2.25. The predicted octanol–water partition coefficient (Wildman–Crippen LogP) is 1.01. The molecule has 1 aliphatic rings. The number of carbonyl (C=O) groups is 1. The van der Waals surface area contributed by atoms with Gasteiger partial charge in [-0.25, -0.2) is 4.79 Å². The molecular formula is C9H16N2O2. The van der Waals surface area contributed by atoms with E-state index in [1.165, 1.54) is 0 Å². The van der Waals surface area contributed by atoms with Crippen molar-refractivity contribution >= 4 is 11.8 Å². The van der Waals surface area contributed by atoms with E-state index in [0.717, 1.165) is 19.4 Å². The van der Waals surface area contributed by atoms with Crippen LogP contribution in [0.4, 0.5) is 0 Å². The van der Waals surface area contributed by atoms with Crippen molar-refractivity contribution < 1.29 is 9.53 Å². The van der Waals surface area contributed by atoms with Crippen LogP contribution in [0.5, 0.6) is 0 Å². The van der Waals surface area contributed by atoms with Crippen molar-refractivity contribution in [2.75, 3.05) is 13.2 Å². The van der Waals surface area contributed by atoms with Crippen LogP contribution >= 0.6 is 0 Å². The summed E-state index contributed by atoms with van der Waals surface area (Å²) in [6.07, 6.45) is 1.76. The number of hydrogen-bond acceptors (Lipinski definition) is 3. The van der Waals surface area contributed by atoms with Gasteiger partial charge in [0.25, 0.3) is 0 Å². The Labute approximate surface area is 78.4 Å². The zero-order valence-electron chi connectivity index (χ0n) is 8.17. The number of esters is 1. The summed E-state index contributed by atoms with van der Waals surface area (Å²) in [7, 11) is 0. The second-order valence-corrected chi connectivity index (χ2v) is 3.17. The monoisotopic (exact) mass is 184 g/mol. The van der Waals surface area contributed by atoms with Crippen molar-refractivity contribution in [2.45, 2.75) is 32.7 Å². The fourth-order valence-electron chi connectivity index (χ4n) is 1.51. The van der Waals surface area contributed by atoms with Crippen LogP contribution in [0.25, 0.3) is 0 Å². The van der Waals surface area contributed by atoms with Gasteiger partial charge in [0.2, 0.25) is 0 Å². The molecule has 0 aromatic carbocycles. The van der Waals surface area contributed by atoms with Crippen molar-refractivity contribution in [1.82, 2.24) is 4.90 Å². The fourth-order valence-corrected chi connectivity index (χ4v) is 1.51. The molecule has 1 rings (SSSR count). The molecule has 4 nitrogen and oxygen atoms in total. The van der Waals surface area contributed by atoms with Gasteiger partial charge in [-0.2, -0.15) is 0 Å². The summed E-state index contributed by atoms with van der Waals surface area (Å²) in [4.78, 5) is 13.1. The zero-order chi connectivity index (χ0) is 9.84. The Balaban J connectivity index is 2.50. The molecule has 0 saturated carbocycles. The lowest BCUT2D eigenvalue weighted by atomic mass is 10.3. The maximum atomic E-state index is 11.3. The minimum absolute atomic E-state index is 0.228. The average molecular weight is 184 g/mol. The van der Waals surface area contributed by atoms with E-state index >= 15 is 0 Å². The molecule has 1 atom stereocenters. The normalized spacial score (nSPS) is 18.9.